The number of methoxy groups -OCH3 is 1. The number of ether oxygens (including phenoxy) is 1. The van der Waals surface area contributed by atoms with Crippen LogP contribution < -0.4 is 15.8 Å². The lowest BCUT2D eigenvalue weighted by Gasteiger charge is -2.28. The molecule has 0 bridgehead atoms. The predicted octanol–water partition coefficient (Wildman–Crippen LogP) is 2.08. The lowest BCUT2D eigenvalue weighted by molar-refractivity contribution is 0.0697. The highest BCUT2D eigenvalue weighted by atomic mass is 16.5. The molecule has 2 rings (SSSR count). The highest BCUT2D eigenvalue weighted by Crippen LogP contribution is 2.29. The molecule has 1 aromatic carbocycles. The van der Waals surface area contributed by atoms with Crippen molar-refractivity contribution >= 4 is 11.7 Å². The molecule has 0 aliphatic heterocycles. The van der Waals surface area contributed by atoms with Crippen LogP contribution in [-0.2, 0) is 0 Å². The van der Waals surface area contributed by atoms with Crippen molar-refractivity contribution in [1.82, 2.24) is 0 Å². The number of nitrogens with one attached hydrogen (secondary N) is 1. The zero-order chi connectivity index (χ0) is 13.8. The second-order valence-electron chi connectivity index (χ2n) is 4.99. The first-order valence-corrected chi connectivity index (χ1v) is 6.53. The molecule has 1 saturated carbocycles. The Morgan fingerprint density at radius 2 is 2.26 bits per heavy atom. The molecular weight excluding hydrogens is 244 g/mol. The van der Waals surface area contributed by atoms with Gasteiger partial charge in [-0.25, -0.2) is 4.79 Å². The van der Waals surface area contributed by atoms with Gasteiger partial charge in [-0.05, 0) is 43.9 Å². The molecule has 1 aromatic rings. The zero-order valence-corrected chi connectivity index (χ0v) is 11.1. The molecule has 2 unspecified atom stereocenters. The number of anilines is 1. The Morgan fingerprint density at radius 1 is 1.47 bits per heavy atom. The fourth-order valence-electron chi connectivity index (χ4n) is 2.53. The Kier molecular flexibility index (Phi) is 4.27. The molecular formula is C14H20N2O3. The van der Waals surface area contributed by atoms with Crippen molar-refractivity contribution in [3.63, 3.8) is 0 Å². The predicted molar refractivity (Wildman–Crippen MR) is 73.8 cm³/mol. The van der Waals surface area contributed by atoms with E-state index in [1.54, 1.807) is 25.3 Å². The minimum absolute atomic E-state index is 0.222. The number of aromatic carboxylic acids is 1. The molecule has 0 spiro atoms. The molecule has 0 radical (unpaired) electrons. The number of benzene rings is 1. The summed E-state index contributed by atoms with van der Waals surface area (Å²) in [6.45, 7) is 0. The summed E-state index contributed by atoms with van der Waals surface area (Å²) in [6, 6.07) is 5.33. The fourth-order valence-corrected chi connectivity index (χ4v) is 2.53. The van der Waals surface area contributed by atoms with Gasteiger partial charge in [0.1, 0.15) is 5.75 Å². The average molecular weight is 264 g/mol. The number of hydrogen-bond donors (Lipinski definition) is 3. The van der Waals surface area contributed by atoms with E-state index in [1.807, 2.05) is 0 Å². The summed E-state index contributed by atoms with van der Waals surface area (Å²) in [4.78, 5) is 11.0. The molecule has 0 amide bonds. The van der Waals surface area contributed by atoms with Gasteiger partial charge < -0.3 is 20.9 Å². The van der Waals surface area contributed by atoms with E-state index in [1.165, 1.54) is 0 Å². The monoisotopic (exact) mass is 264 g/mol. The number of hydrogen-bond acceptors (Lipinski definition) is 4. The summed E-state index contributed by atoms with van der Waals surface area (Å²) in [7, 11) is 1.58. The Bertz CT molecular complexity index is 462. The smallest absolute Gasteiger partial charge is 0.335 e. The maximum absolute atomic E-state index is 11.0. The van der Waals surface area contributed by atoms with Crippen molar-refractivity contribution in [2.45, 2.75) is 37.8 Å². The van der Waals surface area contributed by atoms with Gasteiger partial charge >= 0.3 is 5.97 Å². The third-order valence-corrected chi connectivity index (χ3v) is 3.52. The molecule has 1 aliphatic rings. The summed E-state index contributed by atoms with van der Waals surface area (Å²) in [5.41, 5.74) is 6.94. The standard InChI is InChI=1S/C14H20N2O3/c1-19-13-6-5-9(14(17)18)7-12(13)16-11-4-2-3-10(15)8-11/h5-7,10-11,16H,2-4,8,15H2,1H3,(H,17,18). The summed E-state index contributed by atoms with van der Waals surface area (Å²) in [6.07, 6.45) is 4.11. The summed E-state index contributed by atoms with van der Waals surface area (Å²) in [5, 5.41) is 12.4. The third kappa shape index (κ3) is 3.38. The molecule has 19 heavy (non-hydrogen) atoms. The van der Waals surface area contributed by atoms with Crippen molar-refractivity contribution in [3.05, 3.63) is 23.8 Å². The molecule has 1 aliphatic carbocycles. The maximum atomic E-state index is 11.0. The van der Waals surface area contributed by atoms with Crippen LogP contribution in [0, 0.1) is 0 Å². The van der Waals surface area contributed by atoms with Crippen LogP contribution in [0.5, 0.6) is 5.75 Å². The normalized spacial score (nSPS) is 22.8. The van der Waals surface area contributed by atoms with Gasteiger partial charge in [-0.2, -0.15) is 0 Å². The number of nitrogens with two attached hydrogens (primary N) is 1. The van der Waals surface area contributed by atoms with Crippen molar-refractivity contribution in [3.8, 4) is 5.75 Å². The van der Waals surface area contributed by atoms with Crippen molar-refractivity contribution < 1.29 is 14.6 Å². The van der Waals surface area contributed by atoms with Gasteiger partial charge in [-0.3, -0.25) is 0 Å². The lowest BCUT2D eigenvalue weighted by atomic mass is 9.91. The van der Waals surface area contributed by atoms with E-state index in [-0.39, 0.29) is 17.6 Å². The number of rotatable bonds is 4. The largest absolute Gasteiger partial charge is 0.495 e. The second kappa shape index (κ2) is 5.93. The van der Waals surface area contributed by atoms with E-state index in [2.05, 4.69) is 5.32 Å². The van der Waals surface area contributed by atoms with Gasteiger partial charge in [0.15, 0.2) is 0 Å². The van der Waals surface area contributed by atoms with E-state index < -0.39 is 5.97 Å². The van der Waals surface area contributed by atoms with Crippen LogP contribution in [0.2, 0.25) is 0 Å². The summed E-state index contributed by atoms with van der Waals surface area (Å²) < 4.78 is 5.26. The van der Waals surface area contributed by atoms with Gasteiger partial charge in [0.25, 0.3) is 0 Å². The molecule has 0 saturated heterocycles. The van der Waals surface area contributed by atoms with Crippen LogP contribution in [0.1, 0.15) is 36.0 Å². The van der Waals surface area contributed by atoms with Crippen LogP contribution in [0.3, 0.4) is 0 Å². The van der Waals surface area contributed by atoms with Crippen LogP contribution >= 0.6 is 0 Å². The van der Waals surface area contributed by atoms with E-state index in [0.29, 0.717) is 5.75 Å². The first kappa shape index (κ1) is 13.7. The quantitative estimate of drug-likeness (QED) is 0.775. The van der Waals surface area contributed by atoms with E-state index in [4.69, 9.17) is 15.6 Å². The molecule has 0 aromatic heterocycles. The Hall–Kier alpha value is -1.75. The molecule has 2 atom stereocenters. The Balaban J connectivity index is 2.17. The van der Waals surface area contributed by atoms with Gasteiger partial charge in [0.2, 0.25) is 0 Å². The molecule has 5 heteroatoms. The molecule has 5 nitrogen and oxygen atoms in total. The second-order valence-corrected chi connectivity index (χ2v) is 4.99. The molecule has 4 N–H and O–H groups in total. The van der Waals surface area contributed by atoms with Gasteiger partial charge in [0, 0.05) is 12.1 Å². The zero-order valence-electron chi connectivity index (χ0n) is 11.1. The SMILES string of the molecule is COc1ccc(C(=O)O)cc1NC1CCCC(N)C1. The molecule has 104 valence electrons. The highest BCUT2D eigenvalue weighted by molar-refractivity contribution is 5.89. The van der Waals surface area contributed by atoms with Crippen molar-refractivity contribution in [2.24, 2.45) is 5.73 Å². The van der Waals surface area contributed by atoms with Crippen LogP contribution in [-0.4, -0.2) is 30.3 Å². The fraction of sp³-hybridized carbons (Fsp3) is 0.500. The van der Waals surface area contributed by atoms with E-state index in [9.17, 15) is 4.79 Å². The number of carbonyl (C=O) groups is 1. The third-order valence-electron chi connectivity index (χ3n) is 3.52. The minimum Gasteiger partial charge on any atom is -0.495 e. The van der Waals surface area contributed by atoms with Crippen LogP contribution in [0.4, 0.5) is 5.69 Å². The first-order chi connectivity index (χ1) is 9.10. The Morgan fingerprint density at radius 3 is 2.89 bits per heavy atom. The van der Waals surface area contributed by atoms with Crippen LogP contribution in [0.15, 0.2) is 18.2 Å². The summed E-state index contributed by atoms with van der Waals surface area (Å²) >= 11 is 0. The molecule has 0 heterocycles. The van der Waals surface area contributed by atoms with Crippen LogP contribution in [0.25, 0.3) is 0 Å². The highest BCUT2D eigenvalue weighted by Gasteiger charge is 2.20. The van der Waals surface area contributed by atoms with Gasteiger partial charge in [-0.15, -0.1) is 0 Å². The van der Waals surface area contributed by atoms with Gasteiger partial charge in [-0.1, -0.05) is 0 Å². The Labute approximate surface area is 112 Å². The number of carboxylic acid groups (broad SMARTS) is 1. The first-order valence-electron chi connectivity index (χ1n) is 6.53. The molecule has 1 fully saturated rings. The summed E-state index contributed by atoms with van der Waals surface area (Å²) in [5.74, 6) is -0.282. The van der Waals surface area contributed by atoms with E-state index in [0.717, 1.165) is 31.4 Å². The van der Waals surface area contributed by atoms with Crippen molar-refractivity contribution in [2.75, 3.05) is 12.4 Å². The topological polar surface area (TPSA) is 84.6 Å². The van der Waals surface area contributed by atoms with E-state index >= 15 is 0 Å². The number of carboxylic acids is 1. The van der Waals surface area contributed by atoms with Crippen molar-refractivity contribution in [1.29, 1.82) is 0 Å². The van der Waals surface area contributed by atoms with Gasteiger partial charge in [0.05, 0.1) is 18.4 Å². The maximum Gasteiger partial charge on any atom is 0.335 e. The lowest BCUT2D eigenvalue weighted by Crippen LogP contribution is -2.35. The average Bonchev–Trinajstić information content (AvgIpc) is 2.38. The minimum atomic E-state index is -0.939.